The number of Topliss-reactive ketones (excluding diaryl/α,β-unsaturated/α-hetero) is 1. The van der Waals surface area contributed by atoms with Crippen molar-refractivity contribution in [2.45, 2.75) is 31.6 Å². The van der Waals surface area contributed by atoms with Crippen molar-refractivity contribution in [1.82, 2.24) is 10.1 Å². The lowest BCUT2D eigenvalue weighted by molar-refractivity contribution is -0.122. The number of carbonyl (C=O) groups excluding carboxylic acids is 1. The highest BCUT2D eigenvalue weighted by Crippen LogP contribution is 2.30. The van der Waals surface area contributed by atoms with Crippen LogP contribution in [0.15, 0.2) is 22.0 Å². The van der Waals surface area contributed by atoms with E-state index >= 15 is 0 Å². The second kappa shape index (κ2) is 4.41. The van der Waals surface area contributed by atoms with Crippen molar-refractivity contribution in [1.29, 1.82) is 0 Å². The first-order valence-corrected chi connectivity index (χ1v) is 6.63. The minimum Gasteiger partial charge on any atom is -0.338 e. The Kier molecular flexibility index (Phi) is 2.76. The van der Waals surface area contributed by atoms with Crippen molar-refractivity contribution < 1.29 is 9.32 Å². The Bertz CT molecular complexity index is 518. The molecule has 17 heavy (non-hydrogen) atoms. The first kappa shape index (κ1) is 10.7. The lowest BCUT2D eigenvalue weighted by atomic mass is 9.88. The van der Waals surface area contributed by atoms with Crippen LogP contribution in [0.5, 0.6) is 0 Å². The summed E-state index contributed by atoms with van der Waals surface area (Å²) in [6.45, 7) is 0. The Morgan fingerprint density at radius 2 is 2.35 bits per heavy atom. The molecule has 0 saturated heterocycles. The van der Waals surface area contributed by atoms with E-state index < -0.39 is 0 Å². The number of nitrogens with zero attached hydrogens (tertiary/aromatic N) is 2. The minimum absolute atomic E-state index is 0.176. The zero-order valence-electron chi connectivity index (χ0n) is 9.26. The van der Waals surface area contributed by atoms with Crippen LogP contribution in [0.4, 0.5) is 0 Å². The van der Waals surface area contributed by atoms with E-state index in [9.17, 15) is 4.79 Å². The van der Waals surface area contributed by atoms with Crippen LogP contribution in [-0.4, -0.2) is 15.9 Å². The van der Waals surface area contributed by atoms with Crippen LogP contribution in [0.3, 0.4) is 0 Å². The Morgan fingerprint density at radius 1 is 1.41 bits per heavy atom. The van der Waals surface area contributed by atoms with Crippen molar-refractivity contribution in [3.05, 3.63) is 23.4 Å². The fraction of sp³-hybridized carbons (Fsp3) is 0.417. The van der Waals surface area contributed by atoms with Gasteiger partial charge in [0.25, 0.3) is 0 Å². The van der Waals surface area contributed by atoms with Gasteiger partial charge in [0.2, 0.25) is 11.7 Å². The Hall–Kier alpha value is -1.49. The van der Waals surface area contributed by atoms with Crippen LogP contribution >= 0.6 is 11.3 Å². The van der Waals surface area contributed by atoms with Crippen LogP contribution in [0.25, 0.3) is 10.7 Å². The summed E-state index contributed by atoms with van der Waals surface area (Å²) in [5.74, 6) is 1.13. The Morgan fingerprint density at radius 3 is 3.12 bits per heavy atom. The third kappa shape index (κ3) is 2.02. The highest BCUT2D eigenvalue weighted by molar-refractivity contribution is 7.13. The molecule has 1 atom stereocenters. The predicted octanol–water partition coefficient (Wildman–Crippen LogP) is 3.02. The van der Waals surface area contributed by atoms with Gasteiger partial charge in [0.15, 0.2) is 0 Å². The molecule has 2 aromatic heterocycles. The molecule has 2 heterocycles. The molecular weight excluding hydrogens is 236 g/mol. The van der Waals surface area contributed by atoms with Gasteiger partial charge in [-0.15, -0.1) is 11.3 Å². The van der Waals surface area contributed by atoms with E-state index in [0.717, 1.165) is 24.1 Å². The van der Waals surface area contributed by atoms with E-state index in [0.29, 0.717) is 18.1 Å². The maximum absolute atomic E-state index is 11.8. The molecule has 3 rings (SSSR count). The van der Waals surface area contributed by atoms with E-state index in [1.54, 1.807) is 11.3 Å². The summed E-state index contributed by atoms with van der Waals surface area (Å²) in [7, 11) is 0. The lowest BCUT2D eigenvalue weighted by Crippen LogP contribution is -2.17. The number of hydrogen-bond donors (Lipinski definition) is 0. The van der Waals surface area contributed by atoms with Gasteiger partial charge in [-0.2, -0.15) is 4.98 Å². The normalized spacial score (nSPS) is 20.7. The predicted molar refractivity (Wildman–Crippen MR) is 63.8 cm³/mol. The van der Waals surface area contributed by atoms with Crippen molar-refractivity contribution in [2.24, 2.45) is 0 Å². The summed E-state index contributed by atoms with van der Waals surface area (Å²) < 4.78 is 5.22. The first-order valence-electron chi connectivity index (χ1n) is 5.75. The molecule has 1 unspecified atom stereocenters. The zero-order valence-corrected chi connectivity index (χ0v) is 10.1. The SMILES string of the molecule is O=C1CCCCC1c1nc(-c2cccs2)no1. The second-order valence-electron chi connectivity index (χ2n) is 4.20. The van der Waals surface area contributed by atoms with E-state index in [-0.39, 0.29) is 11.7 Å². The topological polar surface area (TPSA) is 56.0 Å². The molecule has 0 spiro atoms. The van der Waals surface area contributed by atoms with Gasteiger partial charge >= 0.3 is 0 Å². The second-order valence-corrected chi connectivity index (χ2v) is 5.15. The summed E-state index contributed by atoms with van der Waals surface area (Å²) in [6.07, 6.45) is 3.53. The van der Waals surface area contributed by atoms with Gasteiger partial charge in [0.1, 0.15) is 5.78 Å². The number of hydrogen-bond acceptors (Lipinski definition) is 5. The highest BCUT2D eigenvalue weighted by atomic mass is 32.1. The number of ketones is 1. The molecule has 88 valence electrons. The number of thiophene rings is 1. The van der Waals surface area contributed by atoms with E-state index in [1.165, 1.54) is 0 Å². The average molecular weight is 248 g/mol. The molecular formula is C12H12N2O2S. The Balaban J connectivity index is 1.87. The Labute approximate surface area is 103 Å². The molecule has 0 radical (unpaired) electrons. The van der Waals surface area contributed by atoms with E-state index in [2.05, 4.69) is 10.1 Å². The summed E-state index contributed by atoms with van der Waals surface area (Å²) >= 11 is 1.57. The van der Waals surface area contributed by atoms with Gasteiger partial charge < -0.3 is 4.52 Å². The average Bonchev–Trinajstić information content (AvgIpc) is 3.00. The molecule has 0 aliphatic heterocycles. The highest BCUT2D eigenvalue weighted by Gasteiger charge is 2.29. The first-order chi connectivity index (χ1) is 8.34. The van der Waals surface area contributed by atoms with Gasteiger partial charge in [0, 0.05) is 6.42 Å². The molecule has 1 fully saturated rings. The largest absolute Gasteiger partial charge is 0.338 e. The summed E-state index contributed by atoms with van der Waals surface area (Å²) in [4.78, 5) is 17.1. The van der Waals surface area contributed by atoms with Gasteiger partial charge in [-0.25, -0.2) is 0 Å². The quantitative estimate of drug-likeness (QED) is 0.819. The number of aromatic nitrogens is 2. The van der Waals surface area contributed by atoms with Gasteiger partial charge in [0.05, 0.1) is 10.8 Å². The molecule has 1 saturated carbocycles. The summed E-state index contributed by atoms with van der Waals surface area (Å²) in [5.41, 5.74) is 0. The van der Waals surface area contributed by atoms with Crippen LogP contribution in [0.2, 0.25) is 0 Å². The van der Waals surface area contributed by atoms with Crippen LogP contribution in [0.1, 0.15) is 37.5 Å². The van der Waals surface area contributed by atoms with Crippen LogP contribution < -0.4 is 0 Å². The van der Waals surface area contributed by atoms with Gasteiger partial charge in [-0.05, 0) is 24.3 Å². The summed E-state index contributed by atoms with van der Waals surface area (Å²) in [5, 5.41) is 5.91. The van der Waals surface area contributed by atoms with Gasteiger partial charge in [-0.1, -0.05) is 17.6 Å². The summed E-state index contributed by atoms with van der Waals surface area (Å²) in [6, 6.07) is 3.89. The maximum atomic E-state index is 11.8. The molecule has 0 N–H and O–H groups in total. The number of rotatable bonds is 2. The van der Waals surface area contributed by atoms with Crippen LogP contribution in [-0.2, 0) is 4.79 Å². The molecule has 0 aromatic carbocycles. The number of carbonyl (C=O) groups is 1. The van der Waals surface area contributed by atoms with Crippen molar-refractivity contribution in [3.63, 3.8) is 0 Å². The van der Waals surface area contributed by atoms with Crippen molar-refractivity contribution in [3.8, 4) is 10.7 Å². The zero-order chi connectivity index (χ0) is 11.7. The molecule has 5 heteroatoms. The smallest absolute Gasteiger partial charge is 0.237 e. The molecule has 0 bridgehead atoms. The third-order valence-electron chi connectivity index (χ3n) is 3.04. The van der Waals surface area contributed by atoms with Crippen LogP contribution in [0, 0.1) is 0 Å². The maximum Gasteiger partial charge on any atom is 0.237 e. The minimum atomic E-state index is -0.176. The fourth-order valence-electron chi connectivity index (χ4n) is 2.13. The molecule has 1 aliphatic carbocycles. The standard InChI is InChI=1S/C12H12N2O2S/c15-9-5-2-1-4-8(9)12-13-11(14-16-12)10-6-3-7-17-10/h3,6-8H,1-2,4-5H2. The van der Waals surface area contributed by atoms with Gasteiger partial charge in [-0.3, -0.25) is 4.79 Å². The van der Waals surface area contributed by atoms with Crippen molar-refractivity contribution >= 4 is 17.1 Å². The van der Waals surface area contributed by atoms with Crippen molar-refractivity contribution in [2.75, 3.05) is 0 Å². The molecule has 1 aliphatic rings. The lowest BCUT2D eigenvalue weighted by Gasteiger charge is -2.16. The molecule has 0 amide bonds. The van der Waals surface area contributed by atoms with E-state index in [4.69, 9.17) is 4.52 Å². The fourth-order valence-corrected chi connectivity index (χ4v) is 2.78. The van der Waals surface area contributed by atoms with E-state index in [1.807, 2.05) is 17.5 Å². The molecule has 4 nitrogen and oxygen atoms in total. The molecule has 2 aromatic rings. The third-order valence-corrected chi connectivity index (χ3v) is 3.90. The monoisotopic (exact) mass is 248 g/mol.